The number of para-hydroxylation sites is 1. The van der Waals surface area contributed by atoms with Crippen molar-refractivity contribution in [3.63, 3.8) is 0 Å². The summed E-state index contributed by atoms with van der Waals surface area (Å²) in [7, 11) is 0. The molecule has 0 N–H and O–H groups in total. The van der Waals surface area contributed by atoms with Crippen LogP contribution >= 0.6 is 11.3 Å². The summed E-state index contributed by atoms with van der Waals surface area (Å²) in [5.74, 6) is 0.905. The fourth-order valence-electron chi connectivity index (χ4n) is 2.48. The molecular weight excluding hydrogens is 256 g/mol. The predicted octanol–water partition coefficient (Wildman–Crippen LogP) is 3.14. The number of thiazole rings is 1. The van der Waals surface area contributed by atoms with Crippen molar-refractivity contribution in [3.05, 3.63) is 45.9 Å². The van der Waals surface area contributed by atoms with Gasteiger partial charge in [0.2, 0.25) is 0 Å². The molecule has 4 heteroatoms. The van der Waals surface area contributed by atoms with E-state index in [1.807, 2.05) is 36.6 Å². The van der Waals surface area contributed by atoms with E-state index in [-0.39, 0.29) is 0 Å². The van der Waals surface area contributed by atoms with Crippen LogP contribution in [0.25, 0.3) is 0 Å². The van der Waals surface area contributed by atoms with Crippen molar-refractivity contribution < 1.29 is 4.74 Å². The van der Waals surface area contributed by atoms with Gasteiger partial charge in [-0.15, -0.1) is 11.3 Å². The molecule has 19 heavy (non-hydrogen) atoms. The second-order valence-corrected chi connectivity index (χ2v) is 6.06. The molecule has 2 heterocycles. The Balaban J connectivity index is 1.88. The monoisotopic (exact) mass is 270 g/mol. The third-order valence-corrected chi connectivity index (χ3v) is 4.25. The fourth-order valence-corrected chi connectivity index (χ4v) is 3.10. The van der Waals surface area contributed by atoms with Crippen LogP contribution in [0, 0.1) is 23.7 Å². The van der Waals surface area contributed by atoms with Crippen molar-refractivity contribution in [2.45, 2.75) is 19.8 Å². The molecule has 0 aliphatic carbocycles. The first kappa shape index (κ1) is 12.2. The Morgan fingerprint density at radius 2 is 2.32 bits per heavy atom. The number of benzene rings is 1. The van der Waals surface area contributed by atoms with Gasteiger partial charge in [0, 0.05) is 11.8 Å². The highest BCUT2D eigenvalue weighted by atomic mass is 32.1. The van der Waals surface area contributed by atoms with E-state index in [1.54, 1.807) is 11.3 Å². The van der Waals surface area contributed by atoms with Crippen LogP contribution < -0.4 is 4.74 Å². The highest BCUT2D eigenvalue weighted by molar-refractivity contribution is 7.09. The Morgan fingerprint density at radius 1 is 1.47 bits per heavy atom. The van der Waals surface area contributed by atoms with Gasteiger partial charge in [0.15, 0.2) is 0 Å². The van der Waals surface area contributed by atoms with Crippen molar-refractivity contribution >= 4 is 11.3 Å². The molecule has 0 amide bonds. The van der Waals surface area contributed by atoms with Crippen LogP contribution in [0.1, 0.15) is 16.3 Å². The topological polar surface area (TPSA) is 45.9 Å². The summed E-state index contributed by atoms with van der Waals surface area (Å²) < 4.78 is 5.76. The van der Waals surface area contributed by atoms with Crippen LogP contribution in [-0.4, -0.2) is 11.6 Å². The fraction of sp³-hybridized carbons (Fsp3) is 0.333. The number of nitriles is 1. The predicted molar refractivity (Wildman–Crippen MR) is 74.2 cm³/mol. The largest absolute Gasteiger partial charge is 0.492 e. The minimum absolute atomic E-state index is 0.442. The molecule has 0 radical (unpaired) electrons. The molecule has 0 spiro atoms. The van der Waals surface area contributed by atoms with E-state index in [2.05, 4.69) is 11.1 Å². The van der Waals surface area contributed by atoms with Gasteiger partial charge in [0.25, 0.3) is 0 Å². The highest BCUT2D eigenvalue weighted by Gasteiger charge is 2.37. The zero-order valence-corrected chi connectivity index (χ0v) is 11.5. The second-order valence-electron chi connectivity index (χ2n) is 5.00. The number of rotatable bonds is 2. The van der Waals surface area contributed by atoms with Crippen LogP contribution in [0.15, 0.2) is 29.6 Å². The third kappa shape index (κ3) is 2.34. The van der Waals surface area contributed by atoms with Crippen molar-refractivity contribution in [1.82, 2.24) is 4.98 Å². The van der Waals surface area contributed by atoms with Gasteiger partial charge >= 0.3 is 0 Å². The highest BCUT2D eigenvalue weighted by Crippen LogP contribution is 2.36. The van der Waals surface area contributed by atoms with Crippen molar-refractivity contribution in [3.8, 4) is 11.8 Å². The van der Waals surface area contributed by atoms with Crippen LogP contribution in [0.5, 0.6) is 5.75 Å². The molecule has 3 nitrogen and oxygen atoms in total. The Labute approximate surface area is 116 Å². The lowest BCUT2D eigenvalue weighted by molar-refractivity contribution is 0.168. The number of nitrogens with zero attached hydrogens (tertiary/aromatic N) is 2. The summed E-state index contributed by atoms with van der Waals surface area (Å²) in [6.07, 6.45) is 1.39. The smallest absolute Gasteiger partial charge is 0.122 e. The summed E-state index contributed by atoms with van der Waals surface area (Å²) in [4.78, 5) is 4.47. The van der Waals surface area contributed by atoms with Gasteiger partial charge in [-0.3, -0.25) is 0 Å². The van der Waals surface area contributed by atoms with Gasteiger partial charge in [-0.05, 0) is 25.0 Å². The number of aryl methyl sites for hydroxylation is 1. The normalized spacial score (nSPS) is 21.3. The van der Waals surface area contributed by atoms with E-state index >= 15 is 0 Å². The summed E-state index contributed by atoms with van der Waals surface area (Å²) in [5, 5.41) is 12.7. The van der Waals surface area contributed by atoms with E-state index in [4.69, 9.17) is 4.74 Å². The molecule has 0 saturated carbocycles. The number of fused-ring (bicyclic) bond motifs is 1. The number of ether oxygens (including phenoxy) is 1. The molecule has 0 saturated heterocycles. The van der Waals surface area contributed by atoms with Crippen molar-refractivity contribution in [2.75, 3.05) is 6.61 Å². The Bertz CT molecular complexity index is 644. The van der Waals surface area contributed by atoms with E-state index < -0.39 is 5.41 Å². The van der Waals surface area contributed by atoms with Crippen LogP contribution in [0.4, 0.5) is 0 Å². The molecule has 3 rings (SSSR count). The first-order valence-electron chi connectivity index (χ1n) is 6.24. The van der Waals surface area contributed by atoms with E-state index in [0.717, 1.165) is 28.4 Å². The lowest BCUT2D eigenvalue weighted by atomic mass is 9.78. The lowest BCUT2D eigenvalue weighted by Gasteiger charge is -2.31. The first-order valence-corrected chi connectivity index (χ1v) is 7.12. The Morgan fingerprint density at radius 3 is 3.05 bits per heavy atom. The average molecular weight is 270 g/mol. The van der Waals surface area contributed by atoms with E-state index in [9.17, 15) is 5.26 Å². The van der Waals surface area contributed by atoms with E-state index in [0.29, 0.717) is 13.0 Å². The summed E-state index contributed by atoms with van der Waals surface area (Å²) in [6.45, 7) is 2.43. The Kier molecular flexibility index (Phi) is 3.00. The van der Waals surface area contributed by atoms with Gasteiger partial charge < -0.3 is 4.74 Å². The third-order valence-electron chi connectivity index (χ3n) is 3.43. The van der Waals surface area contributed by atoms with Crippen molar-refractivity contribution in [2.24, 2.45) is 5.41 Å². The standard InChI is InChI=1S/C15H14N2OS/c1-11-17-13(8-19-11)7-15(9-16)6-12-4-2-3-5-14(12)18-10-15/h2-5,8H,6-7,10H2,1H3. The van der Waals surface area contributed by atoms with Gasteiger partial charge in [-0.25, -0.2) is 4.98 Å². The van der Waals surface area contributed by atoms with E-state index in [1.165, 1.54) is 0 Å². The SMILES string of the molecule is Cc1nc(CC2(C#N)COc3ccccc3C2)cs1. The summed E-state index contributed by atoms with van der Waals surface area (Å²) >= 11 is 1.63. The molecule has 2 aromatic rings. The molecule has 1 aromatic carbocycles. The van der Waals surface area contributed by atoms with Crippen molar-refractivity contribution in [1.29, 1.82) is 5.26 Å². The number of aromatic nitrogens is 1. The number of hydrogen-bond donors (Lipinski definition) is 0. The molecule has 96 valence electrons. The molecule has 0 fully saturated rings. The second kappa shape index (κ2) is 4.67. The summed E-state index contributed by atoms with van der Waals surface area (Å²) in [5.41, 5.74) is 1.61. The summed E-state index contributed by atoms with van der Waals surface area (Å²) in [6, 6.07) is 10.4. The molecule has 1 aliphatic heterocycles. The lowest BCUT2D eigenvalue weighted by Crippen LogP contribution is -2.35. The average Bonchev–Trinajstić information content (AvgIpc) is 2.84. The molecular formula is C15H14N2OS. The molecule has 1 atom stereocenters. The quantitative estimate of drug-likeness (QED) is 0.842. The number of hydrogen-bond acceptors (Lipinski definition) is 4. The molecule has 1 aliphatic rings. The van der Waals surface area contributed by atoms with Gasteiger partial charge in [0.1, 0.15) is 17.8 Å². The molecule has 1 aromatic heterocycles. The van der Waals surface area contributed by atoms with Gasteiger partial charge in [0.05, 0.1) is 16.8 Å². The maximum Gasteiger partial charge on any atom is 0.122 e. The van der Waals surface area contributed by atoms with Crippen LogP contribution in [0.2, 0.25) is 0 Å². The Hall–Kier alpha value is -1.86. The maximum absolute atomic E-state index is 9.58. The van der Waals surface area contributed by atoms with Crippen LogP contribution in [0.3, 0.4) is 0 Å². The van der Waals surface area contributed by atoms with Gasteiger partial charge in [-0.2, -0.15) is 5.26 Å². The first-order chi connectivity index (χ1) is 9.21. The van der Waals surface area contributed by atoms with Gasteiger partial charge in [-0.1, -0.05) is 18.2 Å². The maximum atomic E-state index is 9.58. The zero-order chi connectivity index (χ0) is 13.3. The minimum atomic E-state index is -0.491. The molecule has 1 unspecified atom stereocenters. The minimum Gasteiger partial charge on any atom is -0.492 e. The molecule has 0 bridgehead atoms. The zero-order valence-electron chi connectivity index (χ0n) is 10.7. The van der Waals surface area contributed by atoms with Crippen LogP contribution in [-0.2, 0) is 12.8 Å².